The topological polar surface area (TPSA) is 24.1 Å². The van der Waals surface area contributed by atoms with Crippen molar-refractivity contribution in [3.8, 4) is 0 Å². The Kier molecular flexibility index (Phi) is 4.09. The van der Waals surface area contributed by atoms with Crippen molar-refractivity contribution in [2.45, 2.75) is 13.3 Å². The third kappa shape index (κ3) is 2.92. The number of hydrogen-bond donors (Lipinski definition) is 2. The van der Waals surface area contributed by atoms with Gasteiger partial charge < -0.3 is 10.6 Å². The molecule has 2 N–H and O–H groups in total. The van der Waals surface area contributed by atoms with Crippen molar-refractivity contribution in [2.24, 2.45) is 0 Å². The number of nitrogens with one attached hydrogen (secondary N) is 2. The first-order valence-electron chi connectivity index (χ1n) is 4.49. The van der Waals surface area contributed by atoms with E-state index in [0.717, 1.165) is 28.8 Å². The Hall–Kier alpha value is -0.700. The zero-order valence-electron chi connectivity index (χ0n) is 8.02. The average molecular weight is 243 g/mol. The molecule has 13 heavy (non-hydrogen) atoms. The van der Waals surface area contributed by atoms with Gasteiger partial charge in [-0.25, -0.2) is 0 Å². The molecule has 0 aliphatic carbocycles. The second kappa shape index (κ2) is 5.12. The number of hydrogen-bond acceptors (Lipinski definition) is 2. The normalized spacial score (nSPS) is 9.77. The minimum Gasteiger partial charge on any atom is -0.386 e. The fraction of sp³-hybridized carbons (Fsp3) is 0.400. The summed E-state index contributed by atoms with van der Waals surface area (Å²) in [4.78, 5) is 0. The van der Waals surface area contributed by atoms with Crippen molar-refractivity contribution < 1.29 is 0 Å². The summed E-state index contributed by atoms with van der Waals surface area (Å²) in [5.41, 5.74) is 2.29. The van der Waals surface area contributed by atoms with Crippen LogP contribution in [0.1, 0.15) is 13.3 Å². The van der Waals surface area contributed by atoms with E-state index >= 15 is 0 Å². The highest BCUT2D eigenvalue weighted by Gasteiger charge is 1.99. The molecule has 0 heterocycles. The molecule has 0 saturated heterocycles. The molecule has 0 spiro atoms. The van der Waals surface area contributed by atoms with Gasteiger partial charge in [0, 0.05) is 18.1 Å². The zero-order chi connectivity index (χ0) is 9.68. The van der Waals surface area contributed by atoms with Crippen LogP contribution in [0.25, 0.3) is 0 Å². The van der Waals surface area contributed by atoms with Crippen LogP contribution in [0, 0.1) is 0 Å². The Morgan fingerprint density at radius 1 is 1.31 bits per heavy atom. The van der Waals surface area contributed by atoms with Gasteiger partial charge >= 0.3 is 0 Å². The summed E-state index contributed by atoms with van der Waals surface area (Å²) < 4.78 is 1.10. The predicted molar refractivity (Wildman–Crippen MR) is 62.5 cm³/mol. The van der Waals surface area contributed by atoms with Crippen LogP contribution in [0.15, 0.2) is 22.7 Å². The van der Waals surface area contributed by atoms with Crippen LogP contribution < -0.4 is 10.6 Å². The van der Waals surface area contributed by atoms with Crippen LogP contribution in [0.4, 0.5) is 11.4 Å². The van der Waals surface area contributed by atoms with Gasteiger partial charge in [-0.3, -0.25) is 0 Å². The second-order valence-electron chi connectivity index (χ2n) is 2.87. The molecule has 2 nitrogen and oxygen atoms in total. The lowest BCUT2D eigenvalue weighted by atomic mass is 10.2. The molecule has 0 aliphatic rings. The highest BCUT2D eigenvalue weighted by molar-refractivity contribution is 9.10. The summed E-state index contributed by atoms with van der Waals surface area (Å²) in [5.74, 6) is 0. The highest BCUT2D eigenvalue weighted by atomic mass is 79.9. The Morgan fingerprint density at radius 3 is 2.69 bits per heavy atom. The molecule has 3 heteroatoms. The highest BCUT2D eigenvalue weighted by Crippen LogP contribution is 2.25. The third-order valence-electron chi connectivity index (χ3n) is 1.82. The number of benzene rings is 1. The Morgan fingerprint density at radius 2 is 2.08 bits per heavy atom. The zero-order valence-corrected chi connectivity index (χ0v) is 9.61. The summed E-state index contributed by atoms with van der Waals surface area (Å²) in [5, 5.41) is 6.51. The van der Waals surface area contributed by atoms with E-state index in [-0.39, 0.29) is 0 Å². The van der Waals surface area contributed by atoms with E-state index in [1.165, 1.54) is 0 Å². The summed E-state index contributed by atoms with van der Waals surface area (Å²) >= 11 is 3.44. The largest absolute Gasteiger partial charge is 0.386 e. The van der Waals surface area contributed by atoms with Gasteiger partial charge in [0.1, 0.15) is 0 Å². The van der Waals surface area contributed by atoms with Gasteiger partial charge in [-0.2, -0.15) is 0 Å². The Balaban J connectivity index is 2.79. The molecule has 0 aromatic heterocycles. The average Bonchev–Trinajstić information content (AvgIpc) is 2.16. The van der Waals surface area contributed by atoms with Crippen LogP contribution in [0.2, 0.25) is 0 Å². The van der Waals surface area contributed by atoms with E-state index in [4.69, 9.17) is 0 Å². The SMILES string of the molecule is CCCNc1ccc(Br)cc1NC. The molecule has 0 radical (unpaired) electrons. The molecule has 72 valence electrons. The lowest BCUT2D eigenvalue weighted by Crippen LogP contribution is -2.02. The van der Waals surface area contributed by atoms with Crippen LogP contribution in [-0.4, -0.2) is 13.6 Å². The molecule has 1 aromatic rings. The van der Waals surface area contributed by atoms with Crippen LogP contribution in [0.5, 0.6) is 0 Å². The quantitative estimate of drug-likeness (QED) is 0.847. The van der Waals surface area contributed by atoms with Gasteiger partial charge in [-0.05, 0) is 24.6 Å². The molecular weight excluding hydrogens is 228 g/mol. The van der Waals surface area contributed by atoms with E-state index in [9.17, 15) is 0 Å². The van der Waals surface area contributed by atoms with E-state index in [1.54, 1.807) is 0 Å². The number of anilines is 2. The summed E-state index contributed by atoms with van der Waals surface area (Å²) in [6.45, 7) is 3.17. The molecular formula is C10H15BrN2. The van der Waals surface area contributed by atoms with Crippen LogP contribution in [-0.2, 0) is 0 Å². The lowest BCUT2D eigenvalue weighted by molar-refractivity contribution is 0.980. The smallest absolute Gasteiger partial charge is 0.0584 e. The first-order chi connectivity index (χ1) is 6.27. The molecule has 1 rings (SSSR count). The maximum absolute atomic E-state index is 3.44. The monoisotopic (exact) mass is 242 g/mol. The van der Waals surface area contributed by atoms with Gasteiger partial charge in [-0.15, -0.1) is 0 Å². The van der Waals surface area contributed by atoms with Crippen LogP contribution in [0.3, 0.4) is 0 Å². The van der Waals surface area contributed by atoms with Gasteiger partial charge in [0.2, 0.25) is 0 Å². The van der Waals surface area contributed by atoms with E-state index in [2.05, 4.69) is 45.6 Å². The molecule has 0 bridgehead atoms. The molecule has 0 saturated carbocycles. The van der Waals surface area contributed by atoms with E-state index in [0.29, 0.717) is 0 Å². The fourth-order valence-electron chi connectivity index (χ4n) is 1.14. The van der Waals surface area contributed by atoms with E-state index in [1.807, 2.05) is 13.1 Å². The van der Waals surface area contributed by atoms with Crippen LogP contribution >= 0.6 is 15.9 Å². The number of halogens is 1. The van der Waals surface area contributed by atoms with E-state index < -0.39 is 0 Å². The predicted octanol–water partition coefficient (Wildman–Crippen LogP) is 3.31. The fourth-order valence-corrected chi connectivity index (χ4v) is 1.50. The molecule has 0 atom stereocenters. The van der Waals surface area contributed by atoms with Crippen molar-refractivity contribution in [1.29, 1.82) is 0 Å². The van der Waals surface area contributed by atoms with Gasteiger partial charge in [-0.1, -0.05) is 22.9 Å². The van der Waals surface area contributed by atoms with Crippen molar-refractivity contribution in [1.82, 2.24) is 0 Å². The molecule has 0 aliphatic heterocycles. The molecule has 0 unspecified atom stereocenters. The maximum atomic E-state index is 3.44. The van der Waals surface area contributed by atoms with Gasteiger partial charge in [0.05, 0.1) is 11.4 Å². The molecule has 0 amide bonds. The van der Waals surface area contributed by atoms with Crippen molar-refractivity contribution in [3.05, 3.63) is 22.7 Å². The summed E-state index contributed by atoms with van der Waals surface area (Å²) in [6.07, 6.45) is 1.14. The first kappa shape index (κ1) is 10.4. The van der Waals surface area contributed by atoms with Crippen molar-refractivity contribution in [2.75, 3.05) is 24.2 Å². The minimum atomic E-state index is 1.01. The van der Waals surface area contributed by atoms with Gasteiger partial charge in [0.15, 0.2) is 0 Å². The standard InChI is InChI=1S/C10H15BrN2/c1-3-6-13-9-5-4-8(11)7-10(9)12-2/h4-5,7,12-13H,3,6H2,1-2H3. The molecule has 1 aromatic carbocycles. The molecule has 0 fully saturated rings. The first-order valence-corrected chi connectivity index (χ1v) is 5.28. The minimum absolute atomic E-state index is 1.01. The second-order valence-corrected chi connectivity index (χ2v) is 3.78. The third-order valence-corrected chi connectivity index (χ3v) is 2.31. The summed E-state index contributed by atoms with van der Waals surface area (Å²) in [6, 6.07) is 6.18. The summed E-state index contributed by atoms with van der Waals surface area (Å²) in [7, 11) is 1.93. The van der Waals surface area contributed by atoms with Crippen molar-refractivity contribution >= 4 is 27.3 Å². The lowest BCUT2D eigenvalue weighted by Gasteiger charge is -2.11. The van der Waals surface area contributed by atoms with Gasteiger partial charge in [0.25, 0.3) is 0 Å². The number of rotatable bonds is 4. The van der Waals surface area contributed by atoms with Crippen molar-refractivity contribution in [3.63, 3.8) is 0 Å². The Labute approximate surface area is 87.9 Å². The Bertz CT molecular complexity index is 274. The maximum Gasteiger partial charge on any atom is 0.0584 e.